The van der Waals surface area contributed by atoms with Gasteiger partial charge < -0.3 is 10.1 Å². The van der Waals surface area contributed by atoms with Gasteiger partial charge in [0.1, 0.15) is 4.90 Å². The number of imide groups is 1. The van der Waals surface area contributed by atoms with Crippen molar-refractivity contribution in [1.82, 2.24) is 15.4 Å². The van der Waals surface area contributed by atoms with Gasteiger partial charge in [-0.3, -0.25) is 10.1 Å². The Balaban J connectivity index is 2.10. The van der Waals surface area contributed by atoms with E-state index in [4.69, 9.17) is 27.9 Å². The molecule has 2 rings (SSSR count). The third-order valence-corrected chi connectivity index (χ3v) is 5.65. The SMILES string of the molecule is CCNC(=O)NC(=O)COC(=O)c1cc(S(=O)(=O)NC2CC2)c(Cl)cc1Cl. The number of carbonyl (C=O) groups excluding carboxylic acids is 3. The second-order valence-electron chi connectivity index (χ2n) is 5.64. The van der Waals surface area contributed by atoms with E-state index in [0.717, 1.165) is 25.0 Å². The van der Waals surface area contributed by atoms with Crippen LogP contribution in [0.4, 0.5) is 4.79 Å². The average molecular weight is 438 g/mol. The van der Waals surface area contributed by atoms with Gasteiger partial charge in [0.25, 0.3) is 5.91 Å². The van der Waals surface area contributed by atoms with Gasteiger partial charge in [0.15, 0.2) is 6.61 Å². The number of nitrogens with one attached hydrogen (secondary N) is 3. The highest BCUT2D eigenvalue weighted by atomic mass is 35.5. The summed E-state index contributed by atoms with van der Waals surface area (Å²) in [6, 6.07) is 1.20. The van der Waals surface area contributed by atoms with Crippen molar-refractivity contribution in [2.75, 3.05) is 13.2 Å². The summed E-state index contributed by atoms with van der Waals surface area (Å²) < 4.78 is 31.9. The van der Waals surface area contributed by atoms with Gasteiger partial charge in [-0.15, -0.1) is 0 Å². The van der Waals surface area contributed by atoms with E-state index in [1.165, 1.54) is 0 Å². The quantitative estimate of drug-likeness (QED) is 0.553. The van der Waals surface area contributed by atoms with E-state index in [2.05, 4.69) is 10.0 Å². The predicted octanol–water partition coefficient (Wildman–Crippen LogP) is 1.44. The number of hydrogen-bond donors (Lipinski definition) is 3. The number of sulfonamides is 1. The summed E-state index contributed by atoms with van der Waals surface area (Å²) in [5, 5.41) is 3.99. The van der Waals surface area contributed by atoms with Crippen molar-refractivity contribution >= 4 is 51.1 Å². The summed E-state index contributed by atoms with van der Waals surface area (Å²) in [5.41, 5.74) is -0.275. The number of rotatable bonds is 7. The molecule has 9 nitrogen and oxygen atoms in total. The number of amides is 3. The second-order valence-corrected chi connectivity index (χ2v) is 8.14. The zero-order chi connectivity index (χ0) is 20.2. The van der Waals surface area contributed by atoms with Crippen molar-refractivity contribution in [2.24, 2.45) is 0 Å². The highest BCUT2D eigenvalue weighted by Gasteiger charge is 2.30. The molecule has 1 aromatic carbocycles. The molecule has 1 fully saturated rings. The summed E-state index contributed by atoms with van der Waals surface area (Å²) in [6.07, 6.45) is 1.44. The van der Waals surface area contributed by atoms with Gasteiger partial charge in [0, 0.05) is 12.6 Å². The van der Waals surface area contributed by atoms with E-state index in [-0.39, 0.29) is 26.5 Å². The van der Waals surface area contributed by atoms with Crippen LogP contribution in [0.5, 0.6) is 0 Å². The molecule has 0 heterocycles. The summed E-state index contributed by atoms with van der Waals surface area (Å²) in [4.78, 5) is 34.6. The highest BCUT2D eigenvalue weighted by Crippen LogP contribution is 2.31. The Bertz CT molecular complexity index is 871. The summed E-state index contributed by atoms with van der Waals surface area (Å²) in [6.45, 7) is 1.22. The number of hydrogen-bond acceptors (Lipinski definition) is 6. The second kappa shape index (κ2) is 8.87. The number of urea groups is 1. The molecule has 0 atom stereocenters. The maximum absolute atomic E-state index is 12.3. The van der Waals surface area contributed by atoms with Gasteiger partial charge in [-0.2, -0.15) is 0 Å². The van der Waals surface area contributed by atoms with Gasteiger partial charge in [-0.25, -0.2) is 22.7 Å². The lowest BCUT2D eigenvalue weighted by Gasteiger charge is -2.11. The lowest BCUT2D eigenvalue weighted by molar-refractivity contribution is -0.123. The Hall–Kier alpha value is -1.88. The van der Waals surface area contributed by atoms with Crippen LogP contribution in [0.3, 0.4) is 0 Å². The van der Waals surface area contributed by atoms with Crippen LogP contribution in [0.2, 0.25) is 10.0 Å². The van der Waals surface area contributed by atoms with Crippen LogP contribution in [0, 0.1) is 0 Å². The summed E-state index contributed by atoms with van der Waals surface area (Å²) in [7, 11) is -3.93. The Kier molecular flexibility index (Phi) is 7.04. The monoisotopic (exact) mass is 437 g/mol. The van der Waals surface area contributed by atoms with E-state index in [9.17, 15) is 22.8 Å². The molecule has 0 unspecified atom stereocenters. The first-order valence-electron chi connectivity index (χ1n) is 7.90. The molecule has 1 aliphatic carbocycles. The normalized spacial score (nSPS) is 13.7. The largest absolute Gasteiger partial charge is 0.452 e. The Morgan fingerprint density at radius 1 is 1.19 bits per heavy atom. The Labute approximate surface area is 165 Å². The van der Waals surface area contributed by atoms with Crippen molar-refractivity contribution in [2.45, 2.75) is 30.7 Å². The average Bonchev–Trinajstić information content (AvgIpc) is 3.35. The molecule has 0 saturated heterocycles. The van der Waals surface area contributed by atoms with E-state index < -0.39 is 34.5 Å². The Morgan fingerprint density at radius 2 is 1.85 bits per heavy atom. The molecule has 148 valence electrons. The zero-order valence-electron chi connectivity index (χ0n) is 14.2. The maximum atomic E-state index is 12.3. The maximum Gasteiger partial charge on any atom is 0.340 e. The first kappa shape index (κ1) is 21.4. The molecule has 0 radical (unpaired) electrons. The van der Waals surface area contributed by atoms with E-state index in [0.29, 0.717) is 6.54 Å². The summed E-state index contributed by atoms with van der Waals surface area (Å²) in [5.74, 6) is -1.90. The van der Waals surface area contributed by atoms with Crippen molar-refractivity contribution in [3.05, 3.63) is 27.7 Å². The molecular formula is C15H17Cl2N3O6S. The molecule has 12 heteroatoms. The smallest absolute Gasteiger partial charge is 0.340 e. The topological polar surface area (TPSA) is 131 Å². The zero-order valence-corrected chi connectivity index (χ0v) is 16.5. The van der Waals surface area contributed by atoms with Gasteiger partial charge in [0.05, 0.1) is 15.6 Å². The van der Waals surface area contributed by atoms with Gasteiger partial charge in [-0.05, 0) is 31.9 Å². The minimum absolute atomic E-state index is 0.139. The molecule has 0 aliphatic heterocycles. The lowest BCUT2D eigenvalue weighted by Crippen LogP contribution is -2.41. The minimum atomic E-state index is -3.93. The fourth-order valence-electron chi connectivity index (χ4n) is 1.95. The van der Waals surface area contributed by atoms with Crippen molar-refractivity contribution in [3.63, 3.8) is 0 Å². The van der Waals surface area contributed by atoms with Crippen LogP contribution < -0.4 is 15.4 Å². The fraction of sp³-hybridized carbons (Fsp3) is 0.400. The number of esters is 1. The third kappa shape index (κ3) is 6.06. The molecule has 0 bridgehead atoms. The molecule has 0 aromatic heterocycles. The standard InChI is InChI=1S/C15H17Cl2N3O6S/c1-2-18-15(23)19-13(21)7-26-14(22)9-5-12(11(17)6-10(9)16)27(24,25)20-8-3-4-8/h5-6,8,20H,2-4,7H2,1H3,(H2,18,19,21,23). The summed E-state index contributed by atoms with van der Waals surface area (Å²) >= 11 is 11.9. The van der Waals surface area contributed by atoms with Crippen LogP contribution in [-0.4, -0.2) is 45.5 Å². The van der Waals surface area contributed by atoms with E-state index >= 15 is 0 Å². The van der Waals surface area contributed by atoms with Crippen LogP contribution in [0.25, 0.3) is 0 Å². The molecule has 27 heavy (non-hydrogen) atoms. The van der Waals surface area contributed by atoms with Crippen molar-refractivity contribution in [3.8, 4) is 0 Å². The van der Waals surface area contributed by atoms with Gasteiger partial charge in [0.2, 0.25) is 10.0 Å². The number of ether oxygens (including phenoxy) is 1. The van der Waals surface area contributed by atoms with Crippen LogP contribution in [0.15, 0.2) is 17.0 Å². The van der Waals surface area contributed by atoms with Crippen LogP contribution >= 0.6 is 23.2 Å². The molecule has 1 aliphatic rings. The number of carbonyl (C=O) groups is 3. The molecule has 1 saturated carbocycles. The number of halogens is 2. The third-order valence-electron chi connectivity index (χ3n) is 3.35. The van der Waals surface area contributed by atoms with Crippen LogP contribution in [-0.2, 0) is 19.6 Å². The van der Waals surface area contributed by atoms with Crippen molar-refractivity contribution in [1.29, 1.82) is 0 Å². The molecule has 3 N–H and O–H groups in total. The molecular weight excluding hydrogens is 421 g/mol. The minimum Gasteiger partial charge on any atom is -0.452 e. The van der Waals surface area contributed by atoms with E-state index in [1.54, 1.807) is 6.92 Å². The highest BCUT2D eigenvalue weighted by molar-refractivity contribution is 7.89. The predicted molar refractivity (Wildman–Crippen MR) is 97.3 cm³/mol. The van der Waals surface area contributed by atoms with Crippen molar-refractivity contribution < 1.29 is 27.5 Å². The van der Waals surface area contributed by atoms with Gasteiger partial charge in [-0.1, -0.05) is 23.2 Å². The van der Waals surface area contributed by atoms with E-state index in [1.807, 2.05) is 5.32 Å². The first-order chi connectivity index (χ1) is 12.6. The first-order valence-corrected chi connectivity index (χ1v) is 10.1. The van der Waals surface area contributed by atoms with Crippen LogP contribution in [0.1, 0.15) is 30.1 Å². The lowest BCUT2D eigenvalue weighted by atomic mass is 10.2. The molecule has 0 spiro atoms. The molecule has 1 aromatic rings. The Morgan fingerprint density at radius 3 is 2.44 bits per heavy atom. The van der Waals surface area contributed by atoms with Gasteiger partial charge >= 0.3 is 12.0 Å². The number of benzene rings is 1. The molecule has 3 amide bonds. The fourth-order valence-corrected chi connectivity index (χ4v) is 4.11.